The number of pyridine rings is 1. The first-order valence-corrected chi connectivity index (χ1v) is 9.44. The molecule has 0 aliphatic carbocycles. The molecule has 0 radical (unpaired) electrons. The lowest BCUT2D eigenvalue weighted by Crippen LogP contribution is -2.31. The summed E-state index contributed by atoms with van der Waals surface area (Å²) in [5.41, 5.74) is 0.396. The molecule has 2 heterocycles. The molecule has 146 valence electrons. The molecular weight excluding hydrogens is 392 g/mol. The van der Waals surface area contributed by atoms with Crippen LogP contribution in [0, 0.1) is 16.4 Å². The van der Waals surface area contributed by atoms with Crippen LogP contribution in [0.3, 0.4) is 0 Å². The van der Waals surface area contributed by atoms with E-state index in [9.17, 15) is 17.8 Å². The molecule has 11 heteroatoms. The van der Waals surface area contributed by atoms with Gasteiger partial charge in [0.1, 0.15) is 22.2 Å². The van der Waals surface area contributed by atoms with Crippen molar-refractivity contribution in [2.45, 2.75) is 11.4 Å². The number of halogens is 2. The van der Waals surface area contributed by atoms with Crippen LogP contribution in [0.1, 0.15) is 16.1 Å². The summed E-state index contributed by atoms with van der Waals surface area (Å²) in [4.78, 5) is 15.4. The highest BCUT2D eigenvalue weighted by Gasteiger charge is 2.24. The Morgan fingerprint density at radius 3 is 2.57 bits per heavy atom. The maximum Gasteiger partial charge on any atom is 0.282 e. The summed E-state index contributed by atoms with van der Waals surface area (Å²) in [5, 5.41) is 4.06. The summed E-state index contributed by atoms with van der Waals surface area (Å²) < 4.78 is 56.4. The van der Waals surface area contributed by atoms with Gasteiger partial charge in [0.15, 0.2) is 9.92 Å². The second-order valence-electron chi connectivity index (χ2n) is 5.61. The predicted octanol–water partition coefficient (Wildman–Crippen LogP) is 2.36. The van der Waals surface area contributed by atoms with Crippen LogP contribution in [0.5, 0.6) is 5.88 Å². The topological polar surface area (TPSA) is 110 Å². The maximum atomic E-state index is 13.8. The number of aromatic nitrogens is 3. The van der Waals surface area contributed by atoms with Crippen molar-refractivity contribution in [3.05, 3.63) is 71.7 Å². The van der Waals surface area contributed by atoms with E-state index < -0.39 is 32.4 Å². The second-order valence-corrected chi connectivity index (χ2v) is 7.33. The Bertz CT molecular complexity index is 1100. The quantitative estimate of drug-likeness (QED) is 0.652. The molecule has 2 aromatic heterocycles. The van der Waals surface area contributed by atoms with E-state index in [0.717, 1.165) is 18.2 Å². The molecule has 0 unspecified atom stereocenters. The van der Waals surface area contributed by atoms with Gasteiger partial charge in [-0.15, -0.1) is 0 Å². The van der Waals surface area contributed by atoms with E-state index in [1.807, 2.05) is 4.72 Å². The van der Waals surface area contributed by atoms with Crippen LogP contribution in [0.2, 0.25) is 0 Å². The molecule has 8 nitrogen and oxygen atoms in total. The van der Waals surface area contributed by atoms with Gasteiger partial charge in [-0.25, -0.2) is 22.8 Å². The summed E-state index contributed by atoms with van der Waals surface area (Å²) >= 11 is 0. The van der Waals surface area contributed by atoms with E-state index in [-0.39, 0.29) is 11.6 Å². The zero-order chi connectivity index (χ0) is 20.3. The number of rotatable bonds is 6. The van der Waals surface area contributed by atoms with Gasteiger partial charge >= 0.3 is 0 Å². The van der Waals surface area contributed by atoms with Gasteiger partial charge in [0, 0.05) is 18.0 Å². The van der Waals surface area contributed by atoms with Crippen molar-refractivity contribution < 1.29 is 22.5 Å². The normalized spacial score (nSPS) is 13.0. The average molecular weight is 407 g/mol. The highest BCUT2D eigenvalue weighted by Crippen LogP contribution is 2.20. The zero-order valence-corrected chi connectivity index (χ0v) is 15.4. The van der Waals surface area contributed by atoms with Crippen LogP contribution >= 0.6 is 0 Å². The van der Waals surface area contributed by atoms with E-state index >= 15 is 0 Å². The zero-order valence-electron chi connectivity index (χ0n) is 14.6. The summed E-state index contributed by atoms with van der Waals surface area (Å²) in [6, 6.07) is 7.39. The van der Waals surface area contributed by atoms with Crippen molar-refractivity contribution in [3.63, 3.8) is 0 Å². The van der Waals surface area contributed by atoms with Gasteiger partial charge in [-0.3, -0.25) is 14.2 Å². The molecular formula is C17H15F2N5O3S. The van der Waals surface area contributed by atoms with Crippen molar-refractivity contribution in [1.29, 1.82) is 4.78 Å². The van der Waals surface area contributed by atoms with E-state index in [1.165, 1.54) is 13.2 Å². The summed E-state index contributed by atoms with van der Waals surface area (Å²) in [6.45, 7) is 0.334. The number of ether oxygens (including phenoxy) is 1. The maximum absolute atomic E-state index is 13.8. The van der Waals surface area contributed by atoms with Gasteiger partial charge in [-0.1, -0.05) is 6.07 Å². The Kier molecular flexibility index (Phi) is 5.36. The Morgan fingerprint density at radius 2 is 1.96 bits per heavy atom. The smallest absolute Gasteiger partial charge is 0.282 e. The summed E-state index contributed by atoms with van der Waals surface area (Å²) in [5.74, 6) is -3.30. The molecule has 1 amide bonds. The lowest BCUT2D eigenvalue weighted by Gasteiger charge is -2.13. The number of amides is 1. The minimum atomic E-state index is -4.28. The molecule has 0 bridgehead atoms. The molecule has 0 aliphatic heterocycles. The van der Waals surface area contributed by atoms with Gasteiger partial charge in [0.05, 0.1) is 13.7 Å². The Hall–Kier alpha value is -3.34. The highest BCUT2D eigenvalue weighted by molar-refractivity contribution is 7.91. The van der Waals surface area contributed by atoms with Crippen molar-refractivity contribution in [2.75, 3.05) is 7.11 Å². The molecule has 0 saturated heterocycles. The molecule has 3 rings (SSSR count). The second kappa shape index (κ2) is 7.72. The van der Waals surface area contributed by atoms with Crippen LogP contribution in [0.25, 0.3) is 0 Å². The molecule has 0 saturated carbocycles. The fourth-order valence-corrected chi connectivity index (χ4v) is 3.61. The molecule has 0 fully saturated rings. The number of hydrogen-bond acceptors (Lipinski definition) is 6. The van der Waals surface area contributed by atoms with E-state index in [0.29, 0.717) is 12.1 Å². The SMILES string of the molecule is COc1nc(C(=O)N[S@](=N)(=O)c2c(F)cccc2F)ccc1Cn1cccn1. The predicted molar refractivity (Wildman–Crippen MR) is 95.1 cm³/mol. The Morgan fingerprint density at radius 1 is 1.25 bits per heavy atom. The molecule has 3 aromatic rings. The van der Waals surface area contributed by atoms with Gasteiger partial charge in [-0.05, 0) is 30.3 Å². The van der Waals surface area contributed by atoms with Gasteiger partial charge in [0.25, 0.3) is 5.91 Å². The van der Waals surface area contributed by atoms with Gasteiger partial charge < -0.3 is 4.74 Å². The molecule has 0 spiro atoms. The van der Waals surface area contributed by atoms with Crippen molar-refractivity contribution >= 4 is 15.8 Å². The Labute approximate surface area is 159 Å². The monoisotopic (exact) mass is 407 g/mol. The third kappa shape index (κ3) is 3.98. The number of carbonyl (C=O) groups is 1. The lowest BCUT2D eigenvalue weighted by atomic mass is 10.2. The summed E-state index contributed by atoms with van der Waals surface area (Å²) in [7, 11) is -2.92. The molecule has 1 aromatic carbocycles. The number of nitrogens with zero attached hydrogens (tertiary/aromatic N) is 3. The van der Waals surface area contributed by atoms with E-state index in [2.05, 4.69) is 10.1 Å². The largest absolute Gasteiger partial charge is 0.481 e. The third-order valence-electron chi connectivity index (χ3n) is 3.70. The third-order valence-corrected chi connectivity index (χ3v) is 5.14. The minimum Gasteiger partial charge on any atom is -0.481 e. The number of benzene rings is 1. The van der Waals surface area contributed by atoms with Gasteiger partial charge in [0.2, 0.25) is 5.88 Å². The highest BCUT2D eigenvalue weighted by atomic mass is 32.2. The average Bonchev–Trinajstić information content (AvgIpc) is 3.14. The first-order valence-electron chi connectivity index (χ1n) is 7.88. The Balaban J connectivity index is 1.86. The van der Waals surface area contributed by atoms with Crippen LogP contribution in [-0.4, -0.2) is 32.0 Å². The van der Waals surface area contributed by atoms with Gasteiger partial charge in [-0.2, -0.15) is 5.10 Å². The molecule has 0 aliphatic rings. The minimum absolute atomic E-state index is 0.122. The molecule has 28 heavy (non-hydrogen) atoms. The lowest BCUT2D eigenvalue weighted by molar-refractivity contribution is 0.0976. The number of methoxy groups -OCH3 is 1. The number of nitrogens with one attached hydrogen (secondary N) is 2. The van der Waals surface area contributed by atoms with Crippen LogP contribution in [0.15, 0.2) is 53.7 Å². The van der Waals surface area contributed by atoms with Crippen molar-refractivity contribution in [3.8, 4) is 5.88 Å². The van der Waals surface area contributed by atoms with Crippen molar-refractivity contribution in [1.82, 2.24) is 19.5 Å². The van der Waals surface area contributed by atoms with Crippen LogP contribution in [0.4, 0.5) is 8.78 Å². The summed E-state index contributed by atoms with van der Waals surface area (Å²) in [6.07, 6.45) is 3.34. The van der Waals surface area contributed by atoms with E-state index in [4.69, 9.17) is 9.52 Å². The first-order chi connectivity index (χ1) is 13.3. The van der Waals surface area contributed by atoms with Crippen LogP contribution in [-0.2, 0) is 16.5 Å². The standard InChI is InChI=1S/C17H15F2N5O3S/c1-27-17-11(10-24-9-3-8-21-24)6-7-14(22-17)16(25)23-28(20,26)15-12(18)4-2-5-13(15)19/h2-9H,10H2,1H3,(H2,20,23,25,26)/t28-/m0/s1. The van der Waals surface area contributed by atoms with Crippen molar-refractivity contribution in [2.24, 2.45) is 0 Å². The molecule has 1 atom stereocenters. The first kappa shape index (κ1) is 19.4. The number of hydrogen-bond donors (Lipinski definition) is 2. The molecule has 2 N–H and O–H groups in total. The fourth-order valence-electron chi connectivity index (χ4n) is 2.45. The van der Waals surface area contributed by atoms with E-state index in [1.54, 1.807) is 29.2 Å². The fraction of sp³-hybridized carbons (Fsp3) is 0.118. The van der Waals surface area contributed by atoms with Crippen LogP contribution < -0.4 is 9.46 Å². The number of carbonyl (C=O) groups excluding carboxylic acids is 1.